The molecular formula is C15H10BN3O2. The monoisotopic (exact) mass is 275 g/mol. The van der Waals surface area contributed by atoms with Crippen molar-refractivity contribution in [3.8, 4) is 11.6 Å². The number of aromatic nitrogens is 1. The SMILES string of the molecule is [C-]#[N+]c1ccc(Oc2ccc3c(c2)COB3C)nc1[N+]#[C-]. The third kappa shape index (κ3) is 2.45. The molecule has 100 valence electrons. The molecule has 0 fully saturated rings. The molecule has 0 amide bonds. The van der Waals surface area contributed by atoms with Crippen LogP contribution < -0.4 is 10.2 Å². The van der Waals surface area contributed by atoms with E-state index in [1.54, 1.807) is 12.1 Å². The van der Waals surface area contributed by atoms with E-state index in [0.717, 1.165) is 5.56 Å². The lowest BCUT2D eigenvalue weighted by molar-refractivity contribution is 0.333. The summed E-state index contributed by atoms with van der Waals surface area (Å²) in [6, 6.07) is 8.88. The van der Waals surface area contributed by atoms with Gasteiger partial charge in [-0.2, -0.15) is 0 Å². The number of rotatable bonds is 2. The first-order chi connectivity index (χ1) is 10.2. The normalized spacial score (nSPS) is 12.4. The van der Waals surface area contributed by atoms with Crippen molar-refractivity contribution in [2.75, 3.05) is 0 Å². The molecule has 5 nitrogen and oxygen atoms in total. The molecule has 0 saturated carbocycles. The zero-order valence-corrected chi connectivity index (χ0v) is 11.3. The average Bonchev–Trinajstić information content (AvgIpc) is 2.88. The zero-order chi connectivity index (χ0) is 14.8. The second-order valence-electron chi connectivity index (χ2n) is 4.63. The van der Waals surface area contributed by atoms with Gasteiger partial charge in [-0.15, -0.1) is 0 Å². The molecular weight excluding hydrogens is 265 g/mol. The Balaban J connectivity index is 1.88. The van der Waals surface area contributed by atoms with Crippen molar-refractivity contribution in [2.45, 2.75) is 13.4 Å². The Labute approximate surface area is 122 Å². The van der Waals surface area contributed by atoms with E-state index in [9.17, 15) is 0 Å². The van der Waals surface area contributed by atoms with Crippen LogP contribution in [0.5, 0.6) is 11.6 Å². The summed E-state index contributed by atoms with van der Waals surface area (Å²) in [5.41, 5.74) is 2.50. The van der Waals surface area contributed by atoms with Crippen molar-refractivity contribution >= 4 is 23.9 Å². The molecule has 0 aliphatic carbocycles. The Bertz CT molecular complexity index is 792. The molecule has 6 heteroatoms. The first kappa shape index (κ1) is 13.2. The average molecular weight is 275 g/mol. The Hall–Kier alpha value is -2.83. The van der Waals surface area contributed by atoms with Gasteiger partial charge in [0.1, 0.15) is 5.75 Å². The highest BCUT2D eigenvalue weighted by atomic mass is 16.5. The Morgan fingerprint density at radius 1 is 1.24 bits per heavy atom. The lowest BCUT2D eigenvalue weighted by atomic mass is 9.64. The summed E-state index contributed by atoms with van der Waals surface area (Å²) in [5, 5.41) is 0. The molecule has 1 aromatic heterocycles. The summed E-state index contributed by atoms with van der Waals surface area (Å²) in [4.78, 5) is 10.5. The smallest absolute Gasteiger partial charge is 0.324 e. The highest BCUT2D eigenvalue weighted by Crippen LogP contribution is 2.30. The number of fused-ring (bicyclic) bond motifs is 1. The van der Waals surface area contributed by atoms with Crippen molar-refractivity contribution in [2.24, 2.45) is 0 Å². The molecule has 2 aromatic rings. The summed E-state index contributed by atoms with van der Waals surface area (Å²) < 4.78 is 11.2. The van der Waals surface area contributed by atoms with Gasteiger partial charge in [-0.3, -0.25) is 0 Å². The molecule has 0 bridgehead atoms. The van der Waals surface area contributed by atoms with E-state index in [-0.39, 0.29) is 18.4 Å². The maximum Gasteiger partial charge on any atom is 0.324 e. The van der Waals surface area contributed by atoms with Gasteiger partial charge in [0, 0.05) is 6.07 Å². The molecule has 0 radical (unpaired) electrons. The van der Waals surface area contributed by atoms with E-state index < -0.39 is 0 Å². The van der Waals surface area contributed by atoms with Crippen molar-refractivity contribution in [3.05, 3.63) is 58.7 Å². The first-order valence-electron chi connectivity index (χ1n) is 6.39. The van der Waals surface area contributed by atoms with Gasteiger partial charge in [0.2, 0.25) is 5.69 Å². The van der Waals surface area contributed by atoms with E-state index in [1.165, 1.54) is 5.46 Å². The number of ether oxygens (including phenoxy) is 1. The third-order valence-electron chi connectivity index (χ3n) is 3.32. The summed E-state index contributed by atoms with van der Waals surface area (Å²) in [7, 11) is 0. The molecule has 0 unspecified atom stereocenters. The highest BCUT2D eigenvalue weighted by molar-refractivity contribution is 6.67. The molecule has 21 heavy (non-hydrogen) atoms. The number of benzene rings is 1. The van der Waals surface area contributed by atoms with E-state index >= 15 is 0 Å². The second kappa shape index (κ2) is 5.28. The summed E-state index contributed by atoms with van der Waals surface area (Å²) in [6.07, 6.45) is 0. The minimum Gasteiger partial charge on any atom is -0.427 e. The van der Waals surface area contributed by atoms with Crippen LogP contribution in [0.15, 0.2) is 30.3 Å². The summed E-state index contributed by atoms with van der Waals surface area (Å²) in [6.45, 7) is 16.7. The topological polar surface area (TPSA) is 40.1 Å². The van der Waals surface area contributed by atoms with Gasteiger partial charge in [-0.25, -0.2) is 4.85 Å². The van der Waals surface area contributed by atoms with Crippen LogP contribution in [-0.4, -0.2) is 11.9 Å². The number of hydrogen-bond donors (Lipinski definition) is 0. The fourth-order valence-electron chi connectivity index (χ4n) is 2.24. The quantitative estimate of drug-likeness (QED) is 0.623. The van der Waals surface area contributed by atoms with Gasteiger partial charge >= 0.3 is 12.8 Å². The number of pyridine rings is 1. The third-order valence-corrected chi connectivity index (χ3v) is 3.32. The molecule has 1 aliphatic rings. The molecule has 0 spiro atoms. The van der Waals surface area contributed by atoms with E-state index in [4.69, 9.17) is 22.5 Å². The van der Waals surface area contributed by atoms with Crippen LogP contribution in [-0.2, 0) is 11.3 Å². The van der Waals surface area contributed by atoms with E-state index in [1.807, 2.05) is 25.0 Å². The van der Waals surface area contributed by atoms with Gasteiger partial charge < -0.3 is 14.2 Å². The molecule has 3 rings (SSSR count). The van der Waals surface area contributed by atoms with Crippen molar-refractivity contribution in [1.29, 1.82) is 0 Å². The van der Waals surface area contributed by atoms with Gasteiger partial charge in [-0.05, 0) is 23.2 Å². The Morgan fingerprint density at radius 3 is 2.86 bits per heavy atom. The fourth-order valence-corrected chi connectivity index (χ4v) is 2.24. The molecule has 1 aromatic carbocycles. The number of hydrogen-bond acceptors (Lipinski definition) is 3. The zero-order valence-electron chi connectivity index (χ0n) is 11.3. The van der Waals surface area contributed by atoms with Gasteiger partial charge in [0.05, 0.1) is 13.2 Å². The Kier molecular flexibility index (Phi) is 3.31. The van der Waals surface area contributed by atoms with Crippen LogP contribution in [0.1, 0.15) is 5.56 Å². The van der Waals surface area contributed by atoms with Gasteiger partial charge in [-0.1, -0.05) is 30.5 Å². The fraction of sp³-hybridized carbons (Fsp3) is 0.133. The molecule has 0 atom stereocenters. The molecule has 0 N–H and O–H groups in total. The van der Waals surface area contributed by atoms with Crippen LogP contribution in [0.2, 0.25) is 6.82 Å². The van der Waals surface area contributed by atoms with Crippen LogP contribution in [0.4, 0.5) is 11.5 Å². The lowest BCUT2D eigenvalue weighted by Gasteiger charge is -2.05. The van der Waals surface area contributed by atoms with Crippen molar-refractivity contribution < 1.29 is 9.39 Å². The molecule has 1 aliphatic heterocycles. The van der Waals surface area contributed by atoms with Crippen molar-refractivity contribution in [3.63, 3.8) is 0 Å². The van der Waals surface area contributed by atoms with Gasteiger partial charge in [0.25, 0.3) is 5.82 Å². The predicted octanol–water partition coefficient (Wildman–Crippen LogP) is 3.33. The number of nitrogens with zero attached hydrogens (tertiary/aromatic N) is 3. The van der Waals surface area contributed by atoms with Crippen LogP contribution in [0, 0.1) is 13.1 Å². The van der Waals surface area contributed by atoms with Crippen LogP contribution >= 0.6 is 0 Å². The van der Waals surface area contributed by atoms with Crippen LogP contribution in [0.3, 0.4) is 0 Å². The Morgan fingerprint density at radius 2 is 2.10 bits per heavy atom. The lowest BCUT2D eigenvalue weighted by Crippen LogP contribution is -2.23. The maximum atomic E-state index is 7.03. The predicted molar refractivity (Wildman–Crippen MR) is 79.3 cm³/mol. The largest absolute Gasteiger partial charge is 0.427 e. The summed E-state index contributed by atoms with van der Waals surface area (Å²) in [5.74, 6) is 1.01. The second-order valence-corrected chi connectivity index (χ2v) is 4.63. The van der Waals surface area contributed by atoms with Crippen LogP contribution in [0.25, 0.3) is 9.69 Å². The molecule has 2 heterocycles. The minimum atomic E-state index is 0.0561. The van der Waals surface area contributed by atoms with E-state index in [0.29, 0.717) is 18.2 Å². The van der Waals surface area contributed by atoms with Gasteiger partial charge in [0.15, 0.2) is 0 Å². The van der Waals surface area contributed by atoms with E-state index in [2.05, 4.69) is 14.7 Å². The summed E-state index contributed by atoms with van der Waals surface area (Å²) >= 11 is 0. The first-order valence-corrected chi connectivity index (χ1v) is 6.39. The standard InChI is InChI=1S/C15H10BN3O2/c1-16-12-5-4-11(8-10(12)9-20-16)21-14-7-6-13(17-2)15(18-3)19-14/h4-8H,9H2,1H3. The highest BCUT2D eigenvalue weighted by Gasteiger charge is 2.23. The maximum absolute atomic E-state index is 7.03. The minimum absolute atomic E-state index is 0.0561. The molecule has 0 saturated heterocycles. The van der Waals surface area contributed by atoms with Crippen molar-refractivity contribution in [1.82, 2.24) is 4.98 Å².